The highest BCUT2D eigenvalue weighted by molar-refractivity contribution is 5.58. The van der Waals surface area contributed by atoms with E-state index >= 15 is 0 Å². The van der Waals surface area contributed by atoms with Crippen LogP contribution in [0.1, 0.15) is 37.3 Å². The van der Waals surface area contributed by atoms with Gasteiger partial charge in [-0.25, -0.2) is 8.78 Å². The Balaban J connectivity index is 2.42. The number of benzene rings is 1. The number of nitrogens with zero attached hydrogens (tertiary/aromatic N) is 2. The highest BCUT2D eigenvalue weighted by atomic mass is 19.3. The van der Waals surface area contributed by atoms with Crippen LogP contribution in [-0.2, 0) is 5.92 Å². The first kappa shape index (κ1) is 12.8. The van der Waals surface area contributed by atoms with Crippen LogP contribution in [0, 0.1) is 11.3 Å². The zero-order valence-corrected chi connectivity index (χ0v) is 10.4. The van der Waals surface area contributed by atoms with E-state index in [4.69, 9.17) is 5.26 Å². The maximum atomic E-state index is 13.7. The van der Waals surface area contributed by atoms with Gasteiger partial charge in [0, 0.05) is 31.3 Å². The summed E-state index contributed by atoms with van der Waals surface area (Å²) in [6, 6.07) is 6.49. The van der Waals surface area contributed by atoms with E-state index in [0.29, 0.717) is 5.69 Å². The highest BCUT2D eigenvalue weighted by Crippen LogP contribution is 2.36. The lowest BCUT2D eigenvalue weighted by Gasteiger charge is -2.31. The monoisotopic (exact) mass is 250 g/mol. The molecule has 1 aliphatic rings. The van der Waals surface area contributed by atoms with Crippen molar-refractivity contribution in [2.45, 2.75) is 32.1 Å². The van der Waals surface area contributed by atoms with Gasteiger partial charge in [-0.05, 0) is 37.5 Å². The van der Waals surface area contributed by atoms with E-state index in [-0.39, 0.29) is 11.1 Å². The van der Waals surface area contributed by atoms with Gasteiger partial charge in [0.1, 0.15) is 0 Å². The van der Waals surface area contributed by atoms with Gasteiger partial charge in [-0.3, -0.25) is 0 Å². The number of alkyl halides is 2. The molecule has 4 heteroatoms. The molecule has 0 aromatic heterocycles. The molecule has 18 heavy (non-hydrogen) atoms. The first-order valence-corrected chi connectivity index (χ1v) is 6.20. The summed E-state index contributed by atoms with van der Waals surface area (Å²) in [6.45, 7) is 2.51. The van der Waals surface area contributed by atoms with E-state index < -0.39 is 5.92 Å². The van der Waals surface area contributed by atoms with E-state index in [0.717, 1.165) is 39.3 Å². The molecule has 0 radical (unpaired) electrons. The Morgan fingerprint density at radius 3 is 2.44 bits per heavy atom. The van der Waals surface area contributed by atoms with Crippen molar-refractivity contribution >= 4 is 5.69 Å². The van der Waals surface area contributed by atoms with Crippen LogP contribution in [0.15, 0.2) is 18.2 Å². The molecule has 96 valence electrons. The molecule has 2 nitrogen and oxygen atoms in total. The Labute approximate surface area is 106 Å². The Kier molecular flexibility index (Phi) is 3.51. The Morgan fingerprint density at radius 2 is 1.89 bits per heavy atom. The van der Waals surface area contributed by atoms with Crippen molar-refractivity contribution in [1.82, 2.24) is 0 Å². The van der Waals surface area contributed by atoms with Crippen molar-refractivity contribution in [3.8, 4) is 6.07 Å². The van der Waals surface area contributed by atoms with Crippen LogP contribution in [0.4, 0.5) is 14.5 Å². The average Bonchev–Trinajstić information content (AvgIpc) is 2.38. The van der Waals surface area contributed by atoms with Gasteiger partial charge in [0.2, 0.25) is 0 Å². The molecule has 0 atom stereocenters. The van der Waals surface area contributed by atoms with Crippen molar-refractivity contribution in [1.29, 1.82) is 5.26 Å². The fourth-order valence-electron chi connectivity index (χ4n) is 2.37. The third-order valence-electron chi connectivity index (χ3n) is 3.30. The fourth-order valence-corrected chi connectivity index (χ4v) is 2.37. The number of piperidine rings is 1. The summed E-state index contributed by atoms with van der Waals surface area (Å²) in [5.41, 5.74) is 0.817. The van der Waals surface area contributed by atoms with Crippen molar-refractivity contribution in [3.63, 3.8) is 0 Å². The summed E-state index contributed by atoms with van der Waals surface area (Å²) in [7, 11) is 0. The number of hydrogen-bond acceptors (Lipinski definition) is 2. The number of hydrogen-bond donors (Lipinski definition) is 0. The summed E-state index contributed by atoms with van der Waals surface area (Å²) < 4.78 is 27.3. The van der Waals surface area contributed by atoms with Crippen molar-refractivity contribution in [2.75, 3.05) is 18.0 Å². The minimum absolute atomic E-state index is 0.0385. The molecule has 2 rings (SSSR count). The van der Waals surface area contributed by atoms with E-state index in [1.807, 2.05) is 11.0 Å². The SMILES string of the molecule is CC(F)(F)c1cc(C#N)ccc1N1CCCCC1. The Bertz CT molecular complexity index is 466. The second-order valence-corrected chi connectivity index (χ2v) is 4.78. The maximum absolute atomic E-state index is 13.7. The van der Waals surface area contributed by atoms with E-state index in [9.17, 15) is 8.78 Å². The first-order chi connectivity index (χ1) is 8.52. The molecule has 1 aliphatic heterocycles. The number of nitriles is 1. The van der Waals surface area contributed by atoms with Crippen LogP contribution in [0.5, 0.6) is 0 Å². The lowest BCUT2D eigenvalue weighted by molar-refractivity contribution is 0.0179. The lowest BCUT2D eigenvalue weighted by Crippen LogP contribution is -2.31. The van der Waals surface area contributed by atoms with Crippen molar-refractivity contribution in [3.05, 3.63) is 29.3 Å². The third kappa shape index (κ3) is 2.61. The molecule has 1 saturated heterocycles. The number of halogens is 2. The molecule has 0 amide bonds. The van der Waals surface area contributed by atoms with Gasteiger partial charge in [0.25, 0.3) is 5.92 Å². The molecule has 0 bridgehead atoms. The van der Waals surface area contributed by atoms with Gasteiger partial charge in [-0.15, -0.1) is 0 Å². The van der Waals surface area contributed by atoms with Gasteiger partial charge in [0.15, 0.2) is 0 Å². The normalized spacial score (nSPS) is 16.4. The third-order valence-corrected chi connectivity index (χ3v) is 3.30. The second kappa shape index (κ2) is 4.93. The molecule has 1 aromatic rings. The first-order valence-electron chi connectivity index (χ1n) is 6.20. The van der Waals surface area contributed by atoms with Crippen LogP contribution >= 0.6 is 0 Å². The maximum Gasteiger partial charge on any atom is 0.272 e. The van der Waals surface area contributed by atoms with Gasteiger partial charge < -0.3 is 4.90 Å². The minimum atomic E-state index is -2.92. The van der Waals surface area contributed by atoms with Crippen LogP contribution in [0.25, 0.3) is 0 Å². The van der Waals surface area contributed by atoms with Gasteiger partial charge in [-0.1, -0.05) is 0 Å². The average molecular weight is 250 g/mol. The van der Waals surface area contributed by atoms with Crippen LogP contribution in [0.3, 0.4) is 0 Å². The van der Waals surface area contributed by atoms with Crippen LogP contribution in [-0.4, -0.2) is 13.1 Å². The summed E-state index contributed by atoms with van der Waals surface area (Å²) in [5, 5.41) is 8.82. The van der Waals surface area contributed by atoms with Gasteiger partial charge in [0.05, 0.1) is 11.6 Å². The molecule has 0 aliphatic carbocycles. The molecule has 0 saturated carbocycles. The van der Waals surface area contributed by atoms with E-state index in [2.05, 4.69) is 0 Å². The van der Waals surface area contributed by atoms with E-state index in [1.54, 1.807) is 12.1 Å². The summed E-state index contributed by atoms with van der Waals surface area (Å²) in [6.07, 6.45) is 3.23. The summed E-state index contributed by atoms with van der Waals surface area (Å²) >= 11 is 0. The fraction of sp³-hybridized carbons (Fsp3) is 0.500. The Hall–Kier alpha value is -1.63. The van der Waals surface area contributed by atoms with E-state index in [1.165, 1.54) is 6.07 Å². The van der Waals surface area contributed by atoms with Crippen molar-refractivity contribution < 1.29 is 8.78 Å². The molecular formula is C14H16F2N2. The molecule has 0 unspecified atom stereocenters. The molecule has 1 aromatic carbocycles. The smallest absolute Gasteiger partial charge is 0.272 e. The largest absolute Gasteiger partial charge is 0.371 e. The predicted octanol–water partition coefficient (Wildman–Crippen LogP) is 3.66. The standard InChI is InChI=1S/C14H16F2N2/c1-14(15,16)12-9-11(10-17)5-6-13(12)18-7-3-2-4-8-18/h5-6,9H,2-4,7-8H2,1H3. The summed E-state index contributed by atoms with van der Waals surface area (Å²) in [5.74, 6) is -2.92. The molecule has 0 N–H and O–H groups in total. The molecule has 1 heterocycles. The van der Waals surface area contributed by atoms with Crippen molar-refractivity contribution in [2.24, 2.45) is 0 Å². The zero-order valence-electron chi connectivity index (χ0n) is 10.4. The Morgan fingerprint density at radius 1 is 1.22 bits per heavy atom. The van der Waals surface area contributed by atoms with Gasteiger partial charge in [-0.2, -0.15) is 5.26 Å². The predicted molar refractivity (Wildman–Crippen MR) is 66.8 cm³/mol. The van der Waals surface area contributed by atoms with Crippen LogP contribution in [0.2, 0.25) is 0 Å². The summed E-state index contributed by atoms with van der Waals surface area (Å²) in [4.78, 5) is 2.00. The second-order valence-electron chi connectivity index (χ2n) is 4.78. The topological polar surface area (TPSA) is 27.0 Å². The number of anilines is 1. The molecule has 1 fully saturated rings. The highest BCUT2D eigenvalue weighted by Gasteiger charge is 2.30. The van der Waals surface area contributed by atoms with Crippen LogP contribution < -0.4 is 4.90 Å². The number of rotatable bonds is 2. The minimum Gasteiger partial charge on any atom is -0.371 e. The quantitative estimate of drug-likeness (QED) is 0.801. The lowest BCUT2D eigenvalue weighted by atomic mass is 10.0. The zero-order chi connectivity index (χ0) is 13.2. The molecular weight excluding hydrogens is 234 g/mol. The molecule has 0 spiro atoms. The van der Waals surface area contributed by atoms with Gasteiger partial charge >= 0.3 is 0 Å².